The van der Waals surface area contributed by atoms with Gasteiger partial charge in [0.1, 0.15) is 0 Å². The van der Waals surface area contributed by atoms with Crippen molar-refractivity contribution in [1.29, 1.82) is 0 Å². The Kier molecular flexibility index (Phi) is 2.72. The monoisotopic (exact) mass is 140 g/mol. The molecule has 0 aromatic carbocycles. The lowest BCUT2D eigenvalue weighted by Gasteiger charge is -2.28. The van der Waals surface area contributed by atoms with Gasteiger partial charge in [0.05, 0.1) is 0 Å². The van der Waals surface area contributed by atoms with E-state index in [1.807, 2.05) is 0 Å². The summed E-state index contributed by atoms with van der Waals surface area (Å²) >= 11 is 0. The van der Waals surface area contributed by atoms with Crippen molar-refractivity contribution in [2.45, 2.75) is 45.6 Å². The Labute approximate surface area is 64.0 Å². The number of hydrogen-bond donors (Lipinski definition) is 0. The highest BCUT2D eigenvalue weighted by Crippen LogP contribution is 2.29. The van der Waals surface area contributed by atoms with Gasteiger partial charge in [-0.1, -0.05) is 13.8 Å². The molecule has 1 fully saturated rings. The third kappa shape index (κ3) is 1.98. The molecule has 59 valence electrons. The first-order valence-electron chi connectivity index (χ1n) is 4.41. The van der Waals surface area contributed by atoms with E-state index >= 15 is 0 Å². The molecule has 0 saturated heterocycles. The standard InChI is InChI=1S/C9H18N/c1-7(2)8-3-5-9(10)6-4-8/h7-10H,3-6H2,1-2H3/t8-,9+. The maximum Gasteiger partial charge on any atom is 0.0213 e. The first kappa shape index (κ1) is 8.06. The molecule has 0 unspecified atom stereocenters. The van der Waals surface area contributed by atoms with Crippen LogP contribution >= 0.6 is 0 Å². The van der Waals surface area contributed by atoms with Crippen LogP contribution in [0.25, 0.3) is 0 Å². The van der Waals surface area contributed by atoms with Crippen LogP contribution in [0, 0.1) is 11.8 Å². The van der Waals surface area contributed by atoms with E-state index in [2.05, 4.69) is 13.8 Å². The van der Waals surface area contributed by atoms with Gasteiger partial charge in [-0.15, -0.1) is 0 Å². The zero-order valence-corrected chi connectivity index (χ0v) is 7.06. The van der Waals surface area contributed by atoms with Gasteiger partial charge in [-0.3, -0.25) is 5.73 Å². The van der Waals surface area contributed by atoms with Crippen LogP contribution in [0.15, 0.2) is 0 Å². The SMILES string of the molecule is CC(C)[C@H]1CC[C@@H]([NH])CC1. The molecule has 1 N–H and O–H groups in total. The molecule has 0 bridgehead atoms. The maximum atomic E-state index is 7.50. The van der Waals surface area contributed by atoms with Gasteiger partial charge in [0.15, 0.2) is 0 Å². The fourth-order valence-corrected chi connectivity index (χ4v) is 1.79. The molecule has 10 heavy (non-hydrogen) atoms. The van der Waals surface area contributed by atoms with Crippen molar-refractivity contribution in [3.05, 3.63) is 0 Å². The van der Waals surface area contributed by atoms with E-state index in [0.717, 1.165) is 24.7 Å². The minimum absolute atomic E-state index is 0.259. The molecular formula is C9H18N. The number of rotatable bonds is 1. The molecule has 0 atom stereocenters. The second kappa shape index (κ2) is 3.38. The molecule has 0 amide bonds. The molecule has 1 nitrogen and oxygen atoms in total. The predicted molar refractivity (Wildman–Crippen MR) is 43.7 cm³/mol. The molecule has 0 aromatic heterocycles. The molecule has 0 heterocycles. The summed E-state index contributed by atoms with van der Waals surface area (Å²) in [5.41, 5.74) is 7.50. The van der Waals surface area contributed by atoms with Crippen LogP contribution in [0.1, 0.15) is 39.5 Å². The minimum Gasteiger partial charge on any atom is -0.255 e. The van der Waals surface area contributed by atoms with Crippen molar-refractivity contribution in [3.8, 4) is 0 Å². The van der Waals surface area contributed by atoms with Gasteiger partial charge in [-0.25, -0.2) is 0 Å². The fourth-order valence-electron chi connectivity index (χ4n) is 1.79. The summed E-state index contributed by atoms with van der Waals surface area (Å²) in [4.78, 5) is 0. The fraction of sp³-hybridized carbons (Fsp3) is 1.00. The molecule has 1 saturated carbocycles. The third-order valence-electron chi connectivity index (χ3n) is 2.71. The van der Waals surface area contributed by atoms with E-state index in [0.29, 0.717) is 0 Å². The maximum absolute atomic E-state index is 7.50. The highest BCUT2D eigenvalue weighted by atomic mass is 14.6. The van der Waals surface area contributed by atoms with Gasteiger partial charge in [0, 0.05) is 6.04 Å². The minimum atomic E-state index is 0.259. The van der Waals surface area contributed by atoms with E-state index in [1.165, 1.54) is 12.8 Å². The quantitative estimate of drug-likeness (QED) is 0.534. The summed E-state index contributed by atoms with van der Waals surface area (Å²) in [6, 6.07) is 0.259. The summed E-state index contributed by atoms with van der Waals surface area (Å²) in [7, 11) is 0. The van der Waals surface area contributed by atoms with Gasteiger partial charge in [-0.05, 0) is 37.5 Å². The van der Waals surface area contributed by atoms with Gasteiger partial charge >= 0.3 is 0 Å². The Bertz CT molecular complexity index is 90.9. The summed E-state index contributed by atoms with van der Waals surface area (Å²) in [5.74, 6) is 1.76. The first-order valence-corrected chi connectivity index (χ1v) is 4.41. The van der Waals surface area contributed by atoms with Crippen molar-refractivity contribution >= 4 is 0 Å². The van der Waals surface area contributed by atoms with Crippen molar-refractivity contribution < 1.29 is 0 Å². The van der Waals surface area contributed by atoms with Crippen molar-refractivity contribution in [2.24, 2.45) is 11.8 Å². The van der Waals surface area contributed by atoms with Crippen LogP contribution in [0.3, 0.4) is 0 Å². The average molecular weight is 140 g/mol. The molecule has 0 aliphatic heterocycles. The molecule has 1 aliphatic carbocycles. The Hall–Kier alpha value is -0.0400. The van der Waals surface area contributed by atoms with E-state index in [4.69, 9.17) is 5.73 Å². The highest BCUT2D eigenvalue weighted by molar-refractivity contribution is 4.75. The summed E-state index contributed by atoms with van der Waals surface area (Å²) < 4.78 is 0. The Balaban J connectivity index is 2.26. The summed E-state index contributed by atoms with van der Waals surface area (Å²) in [5, 5.41) is 0. The second-order valence-electron chi connectivity index (χ2n) is 3.86. The highest BCUT2D eigenvalue weighted by Gasteiger charge is 2.20. The van der Waals surface area contributed by atoms with E-state index in [9.17, 15) is 0 Å². The lowest BCUT2D eigenvalue weighted by molar-refractivity contribution is 0.257. The average Bonchev–Trinajstić information content (AvgIpc) is 1.88. The van der Waals surface area contributed by atoms with Crippen molar-refractivity contribution in [1.82, 2.24) is 5.73 Å². The van der Waals surface area contributed by atoms with Crippen molar-refractivity contribution in [2.75, 3.05) is 0 Å². The topological polar surface area (TPSA) is 23.8 Å². The lowest BCUT2D eigenvalue weighted by atomic mass is 9.80. The van der Waals surface area contributed by atoms with E-state index in [1.54, 1.807) is 0 Å². The Morgan fingerprint density at radius 2 is 1.60 bits per heavy atom. The normalized spacial score (nSPS) is 34.8. The van der Waals surface area contributed by atoms with Crippen LogP contribution in [-0.4, -0.2) is 6.04 Å². The lowest BCUT2D eigenvalue weighted by Crippen LogP contribution is -2.22. The van der Waals surface area contributed by atoms with Crippen LogP contribution in [-0.2, 0) is 0 Å². The predicted octanol–water partition coefficient (Wildman–Crippen LogP) is 2.48. The van der Waals surface area contributed by atoms with E-state index < -0.39 is 0 Å². The number of nitrogens with one attached hydrogen (secondary N) is 1. The zero-order chi connectivity index (χ0) is 7.56. The Morgan fingerprint density at radius 3 is 2.00 bits per heavy atom. The van der Waals surface area contributed by atoms with Crippen LogP contribution in [0.2, 0.25) is 0 Å². The first-order chi connectivity index (χ1) is 4.70. The summed E-state index contributed by atoms with van der Waals surface area (Å²) in [6.45, 7) is 4.60. The molecule has 1 heteroatoms. The van der Waals surface area contributed by atoms with Crippen LogP contribution < -0.4 is 5.73 Å². The zero-order valence-electron chi connectivity index (χ0n) is 7.06. The molecule has 0 aromatic rings. The number of hydrogen-bond acceptors (Lipinski definition) is 0. The van der Waals surface area contributed by atoms with Gasteiger partial charge in [0.2, 0.25) is 0 Å². The Morgan fingerprint density at radius 1 is 1.10 bits per heavy atom. The van der Waals surface area contributed by atoms with Gasteiger partial charge in [-0.2, -0.15) is 0 Å². The van der Waals surface area contributed by atoms with Gasteiger partial charge in [0.25, 0.3) is 0 Å². The second-order valence-corrected chi connectivity index (χ2v) is 3.86. The van der Waals surface area contributed by atoms with Crippen LogP contribution in [0.4, 0.5) is 0 Å². The van der Waals surface area contributed by atoms with Crippen LogP contribution in [0.5, 0.6) is 0 Å². The van der Waals surface area contributed by atoms with E-state index in [-0.39, 0.29) is 6.04 Å². The smallest absolute Gasteiger partial charge is 0.0213 e. The third-order valence-corrected chi connectivity index (χ3v) is 2.71. The summed E-state index contributed by atoms with van der Waals surface area (Å²) in [6.07, 6.45) is 4.88. The van der Waals surface area contributed by atoms with Crippen molar-refractivity contribution in [3.63, 3.8) is 0 Å². The molecule has 0 spiro atoms. The largest absolute Gasteiger partial charge is 0.255 e. The molecule has 1 aliphatic rings. The van der Waals surface area contributed by atoms with Gasteiger partial charge < -0.3 is 0 Å². The molecule has 1 rings (SSSR count). The molecule has 1 radical (unpaired) electrons. The molecular weight excluding hydrogens is 122 g/mol.